The van der Waals surface area contributed by atoms with Gasteiger partial charge in [0.25, 0.3) is 0 Å². The summed E-state index contributed by atoms with van der Waals surface area (Å²) in [5.74, 6) is 0.797. The van der Waals surface area contributed by atoms with Gasteiger partial charge in [-0.3, -0.25) is 4.99 Å². The molecule has 3 rings (SSSR count). The molecule has 0 amide bonds. The Morgan fingerprint density at radius 2 is 2.08 bits per heavy atom. The standard InChI is InChI=1S/C18H24N6S/c1-12-6-5-9-24-11-15(23-17(12)24)7-8-20-18(19-4)21-10-16-13(2)22-14(3)25-16/h5-6,9,11H,7-8,10H2,1-4H3,(H2,19,20,21). The number of imidazole rings is 1. The summed E-state index contributed by atoms with van der Waals surface area (Å²) in [6, 6.07) is 4.13. The molecule has 0 unspecified atom stereocenters. The van der Waals surface area contributed by atoms with Crippen LogP contribution < -0.4 is 10.6 Å². The van der Waals surface area contributed by atoms with Crippen LogP contribution in [0.3, 0.4) is 0 Å². The molecular weight excluding hydrogens is 332 g/mol. The van der Waals surface area contributed by atoms with E-state index in [1.807, 2.05) is 26.1 Å². The highest BCUT2D eigenvalue weighted by atomic mass is 32.1. The van der Waals surface area contributed by atoms with Crippen LogP contribution in [0.5, 0.6) is 0 Å². The van der Waals surface area contributed by atoms with E-state index in [1.165, 1.54) is 10.4 Å². The zero-order valence-corrected chi connectivity index (χ0v) is 15.9. The van der Waals surface area contributed by atoms with Gasteiger partial charge in [0.1, 0.15) is 5.65 Å². The lowest BCUT2D eigenvalue weighted by Gasteiger charge is -2.10. The van der Waals surface area contributed by atoms with Crippen LogP contribution in [0.4, 0.5) is 0 Å². The molecule has 0 fully saturated rings. The van der Waals surface area contributed by atoms with Gasteiger partial charge in [-0.1, -0.05) is 6.07 Å². The Hall–Kier alpha value is -2.41. The fraction of sp³-hybridized carbons (Fsp3) is 0.389. The lowest BCUT2D eigenvalue weighted by Crippen LogP contribution is -2.37. The Bertz CT molecular complexity index is 892. The largest absolute Gasteiger partial charge is 0.356 e. The van der Waals surface area contributed by atoms with Crippen molar-refractivity contribution in [1.82, 2.24) is 25.0 Å². The number of hydrogen-bond acceptors (Lipinski definition) is 4. The monoisotopic (exact) mass is 356 g/mol. The highest BCUT2D eigenvalue weighted by Crippen LogP contribution is 2.16. The van der Waals surface area contributed by atoms with Crippen LogP contribution in [0.2, 0.25) is 0 Å². The molecule has 0 radical (unpaired) electrons. The second kappa shape index (κ2) is 7.65. The van der Waals surface area contributed by atoms with Crippen LogP contribution in [-0.2, 0) is 13.0 Å². The van der Waals surface area contributed by atoms with Crippen LogP contribution in [0, 0.1) is 20.8 Å². The van der Waals surface area contributed by atoms with E-state index in [2.05, 4.69) is 44.2 Å². The van der Waals surface area contributed by atoms with E-state index in [1.54, 1.807) is 18.4 Å². The molecule has 0 spiro atoms. The van der Waals surface area contributed by atoms with Crippen molar-refractivity contribution in [2.24, 2.45) is 4.99 Å². The number of fused-ring (bicyclic) bond motifs is 1. The minimum Gasteiger partial charge on any atom is -0.356 e. The number of rotatable bonds is 5. The molecule has 132 valence electrons. The van der Waals surface area contributed by atoms with Crippen molar-refractivity contribution in [3.63, 3.8) is 0 Å². The number of hydrogen-bond donors (Lipinski definition) is 2. The number of aryl methyl sites for hydroxylation is 3. The molecular formula is C18H24N6S. The molecule has 3 aromatic rings. The Morgan fingerprint density at radius 1 is 1.24 bits per heavy atom. The van der Waals surface area contributed by atoms with Crippen LogP contribution in [-0.4, -0.2) is 33.9 Å². The number of aliphatic imine (C=N–C) groups is 1. The van der Waals surface area contributed by atoms with E-state index in [4.69, 9.17) is 4.98 Å². The molecule has 0 aliphatic heterocycles. The number of nitrogens with one attached hydrogen (secondary N) is 2. The Balaban J connectivity index is 1.52. The molecule has 3 aromatic heterocycles. The zero-order chi connectivity index (χ0) is 17.8. The minimum atomic E-state index is 0.741. The summed E-state index contributed by atoms with van der Waals surface area (Å²) in [6.45, 7) is 7.68. The molecule has 0 aliphatic rings. The van der Waals surface area contributed by atoms with Crippen molar-refractivity contribution in [1.29, 1.82) is 0 Å². The van der Waals surface area contributed by atoms with Crippen molar-refractivity contribution in [3.05, 3.63) is 51.4 Å². The second-order valence-electron chi connectivity index (χ2n) is 6.00. The molecule has 7 heteroatoms. The van der Waals surface area contributed by atoms with Crippen LogP contribution in [0.25, 0.3) is 5.65 Å². The highest BCUT2D eigenvalue weighted by molar-refractivity contribution is 7.11. The van der Waals surface area contributed by atoms with Crippen LogP contribution in [0.1, 0.15) is 26.8 Å². The third kappa shape index (κ3) is 4.17. The molecule has 25 heavy (non-hydrogen) atoms. The van der Waals surface area contributed by atoms with Gasteiger partial charge in [-0.05, 0) is 32.4 Å². The molecule has 0 aliphatic carbocycles. The Morgan fingerprint density at radius 3 is 2.76 bits per heavy atom. The number of nitrogens with zero attached hydrogens (tertiary/aromatic N) is 4. The van der Waals surface area contributed by atoms with E-state index in [9.17, 15) is 0 Å². The van der Waals surface area contributed by atoms with E-state index in [0.29, 0.717) is 0 Å². The summed E-state index contributed by atoms with van der Waals surface area (Å²) in [5.41, 5.74) is 4.38. The van der Waals surface area contributed by atoms with E-state index in [0.717, 1.165) is 47.5 Å². The molecule has 2 N–H and O–H groups in total. The van der Waals surface area contributed by atoms with E-state index < -0.39 is 0 Å². The smallest absolute Gasteiger partial charge is 0.191 e. The van der Waals surface area contributed by atoms with Crippen molar-refractivity contribution < 1.29 is 0 Å². The van der Waals surface area contributed by atoms with Crippen molar-refractivity contribution in [2.75, 3.05) is 13.6 Å². The van der Waals surface area contributed by atoms with Crippen LogP contribution in [0.15, 0.2) is 29.5 Å². The maximum absolute atomic E-state index is 4.70. The third-order valence-corrected chi connectivity index (χ3v) is 5.11. The fourth-order valence-corrected chi connectivity index (χ4v) is 3.63. The Labute approximate surface area is 152 Å². The molecule has 6 nitrogen and oxygen atoms in total. The number of thiazole rings is 1. The number of pyridine rings is 1. The number of guanidine groups is 1. The molecule has 3 heterocycles. The lowest BCUT2D eigenvalue weighted by atomic mass is 10.3. The predicted molar refractivity (Wildman–Crippen MR) is 103 cm³/mol. The second-order valence-corrected chi connectivity index (χ2v) is 7.29. The van der Waals surface area contributed by atoms with Gasteiger partial charge < -0.3 is 15.0 Å². The maximum atomic E-state index is 4.70. The lowest BCUT2D eigenvalue weighted by molar-refractivity contribution is 0.789. The maximum Gasteiger partial charge on any atom is 0.191 e. The quantitative estimate of drug-likeness (QED) is 0.545. The van der Waals surface area contributed by atoms with E-state index in [-0.39, 0.29) is 0 Å². The van der Waals surface area contributed by atoms with Gasteiger partial charge in [0.2, 0.25) is 0 Å². The molecule has 0 saturated heterocycles. The van der Waals surface area contributed by atoms with Gasteiger partial charge in [0.15, 0.2) is 5.96 Å². The minimum absolute atomic E-state index is 0.741. The van der Waals surface area contributed by atoms with Crippen molar-refractivity contribution >= 4 is 22.9 Å². The molecule has 0 saturated carbocycles. The first-order valence-corrected chi connectivity index (χ1v) is 9.19. The zero-order valence-electron chi connectivity index (χ0n) is 15.1. The molecule has 0 bridgehead atoms. The van der Waals surface area contributed by atoms with Gasteiger partial charge in [0, 0.05) is 37.3 Å². The average Bonchev–Trinajstić information content (AvgIpc) is 3.14. The van der Waals surface area contributed by atoms with Gasteiger partial charge in [-0.15, -0.1) is 11.3 Å². The van der Waals surface area contributed by atoms with Crippen molar-refractivity contribution in [3.8, 4) is 0 Å². The Kier molecular flexibility index (Phi) is 5.33. The molecule has 0 atom stereocenters. The van der Waals surface area contributed by atoms with Crippen LogP contribution >= 0.6 is 11.3 Å². The normalized spacial score (nSPS) is 11.9. The van der Waals surface area contributed by atoms with Gasteiger partial charge >= 0.3 is 0 Å². The summed E-state index contributed by atoms with van der Waals surface area (Å²) in [7, 11) is 1.79. The van der Waals surface area contributed by atoms with E-state index >= 15 is 0 Å². The summed E-state index contributed by atoms with van der Waals surface area (Å²) in [5, 5.41) is 7.79. The first kappa shape index (κ1) is 17.4. The van der Waals surface area contributed by atoms with Crippen molar-refractivity contribution in [2.45, 2.75) is 33.7 Å². The summed E-state index contributed by atoms with van der Waals surface area (Å²) < 4.78 is 2.08. The first-order valence-electron chi connectivity index (χ1n) is 8.37. The summed E-state index contributed by atoms with van der Waals surface area (Å²) >= 11 is 1.72. The molecule has 0 aromatic carbocycles. The SMILES string of the molecule is CN=C(NCCc1cn2cccc(C)c2n1)NCc1sc(C)nc1C. The number of aromatic nitrogens is 3. The summed E-state index contributed by atoms with van der Waals surface area (Å²) in [6.07, 6.45) is 4.97. The van der Waals surface area contributed by atoms with Gasteiger partial charge in [-0.25, -0.2) is 9.97 Å². The topological polar surface area (TPSA) is 66.6 Å². The third-order valence-electron chi connectivity index (χ3n) is 4.04. The van der Waals surface area contributed by atoms with Gasteiger partial charge in [-0.2, -0.15) is 0 Å². The fourth-order valence-electron chi connectivity index (χ4n) is 2.76. The first-order chi connectivity index (χ1) is 12.1. The summed E-state index contributed by atoms with van der Waals surface area (Å²) in [4.78, 5) is 14.7. The van der Waals surface area contributed by atoms with Gasteiger partial charge in [0.05, 0.1) is 22.9 Å². The average molecular weight is 356 g/mol. The predicted octanol–water partition coefficient (Wildman–Crippen LogP) is 2.62. The highest BCUT2D eigenvalue weighted by Gasteiger charge is 2.07.